The van der Waals surface area contributed by atoms with Gasteiger partial charge in [-0.3, -0.25) is 0 Å². The van der Waals surface area contributed by atoms with Gasteiger partial charge in [-0.15, -0.1) is 0 Å². The third-order valence-corrected chi connectivity index (χ3v) is 2.84. The van der Waals surface area contributed by atoms with Crippen LogP contribution in [-0.4, -0.2) is 28.6 Å². The summed E-state index contributed by atoms with van der Waals surface area (Å²) in [6.07, 6.45) is 0. The zero-order chi connectivity index (χ0) is 14.5. The van der Waals surface area contributed by atoms with Crippen molar-refractivity contribution in [1.82, 2.24) is 15.0 Å². The molecule has 6 nitrogen and oxygen atoms in total. The molecule has 0 unspecified atom stereocenters. The van der Waals surface area contributed by atoms with E-state index >= 15 is 0 Å². The summed E-state index contributed by atoms with van der Waals surface area (Å²) in [4.78, 5) is 12.4. The Morgan fingerprint density at radius 3 is 2.55 bits per heavy atom. The molecule has 0 aliphatic rings. The van der Waals surface area contributed by atoms with Crippen LogP contribution in [0.4, 0.5) is 17.6 Å². The number of hydrogen-bond donors (Lipinski definition) is 2. The number of nitrogens with zero attached hydrogens (tertiary/aromatic N) is 3. The van der Waals surface area contributed by atoms with Crippen LogP contribution in [0.25, 0.3) is 0 Å². The molecular weight excluding hydrogens is 301 g/mol. The first-order valence-corrected chi connectivity index (χ1v) is 6.66. The van der Waals surface area contributed by atoms with E-state index in [4.69, 9.17) is 27.9 Å². The van der Waals surface area contributed by atoms with Crippen LogP contribution in [0.3, 0.4) is 0 Å². The van der Waals surface area contributed by atoms with Gasteiger partial charge in [0.2, 0.25) is 11.9 Å². The van der Waals surface area contributed by atoms with Gasteiger partial charge in [-0.2, -0.15) is 15.0 Å². The third-order valence-electron chi connectivity index (χ3n) is 2.29. The largest absolute Gasteiger partial charge is 0.464 e. The Morgan fingerprint density at radius 1 is 1.15 bits per heavy atom. The number of rotatable bonds is 5. The lowest BCUT2D eigenvalue weighted by Crippen LogP contribution is -2.07. The van der Waals surface area contributed by atoms with Crippen molar-refractivity contribution in [2.45, 2.75) is 6.92 Å². The highest BCUT2D eigenvalue weighted by Crippen LogP contribution is 2.27. The van der Waals surface area contributed by atoms with Crippen LogP contribution < -0.4 is 15.4 Å². The highest BCUT2D eigenvalue weighted by molar-refractivity contribution is 6.36. The van der Waals surface area contributed by atoms with E-state index in [1.807, 2.05) is 6.92 Å². The van der Waals surface area contributed by atoms with Crippen LogP contribution in [0.15, 0.2) is 18.2 Å². The molecule has 0 bridgehead atoms. The second-order valence-corrected chi connectivity index (χ2v) is 4.54. The number of halogens is 2. The molecule has 1 heterocycles. The van der Waals surface area contributed by atoms with E-state index in [0.717, 1.165) is 0 Å². The zero-order valence-electron chi connectivity index (χ0n) is 10.9. The Balaban J connectivity index is 2.29. The summed E-state index contributed by atoms with van der Waals surface area (Å²) >= 11 is 11.9. The second-order valence-electron chi connectivity index (χ2n) is 3.70. The first kappa shape index (κ1) is 14.6. The van der Waals surface area contributed by atoms with Crippen LogP contribution in [0, 0.1) is 0 Å². The van der Waals surface area contributed by atoms with E-state index in [1.165, 1.54) is 0 Å². The highest BCUT2D eigenvalue weighted by atomic mass is 35.5. The van der Waals surface area contributed by atoms with E-state index in [0.29, 0.717) is 34.2 Å². The molecule has 1 aromatic heterocycles. The van der Waals surface area contributed by atoms with Gasteiger partial charge in [0.05, 0.1) is 17.3 Å². The van der Waals surface area contributed by atoms with Gasteiger partial charge in [-0.25, -0.2) is 0 Å². The van der Waals surface area contributed by atoms with Gasteiger partial charge in [0, 0.05) is 12.1 Å². The molecule has 0 atom stereocenters. The van der Waals surface area contributed by atoms with Crippen molar-refractivity contribution in [3.05, 3.63) is 28.2 Å². The number of nitrogens with one attached hydrogen (secondary N) is 2. The number of anilines is 3. The van der Waals surface area contributed by atoms with E-state index in [2.05, 4.69) is 25.6 Å². The fourth-order valence-electron chi connectivity index (χ4n) is 1.43. The van der Waals surface area contributed by atoms with E-state index in [9.17, 15) is 0 Å². The summed E-state index contributed by atoms with van der Waals surface area (Å²) in [6.45, 7) is 2.32. The number of hydrogen-bond acceptors (Lipinski definition) is 6. The van der Waals surface area contributed by atoms with Crippen molar-refractivity contribution in [3.63, 3.8) is 0 Å². The summed E-state index contributed by atoms with van der Waals surface area (Å²) in [5.41, 5.74) is 0.645. The van der Waals surface area contributed by atoms with Gasteiger partial charge in [-0.1, -0.05) is 23.2 Å². The summed E-state index contributed by atoms with van der Waals surface area (Å²) < 4.78 is 5.28. The lowest BCUT2D eigenvalue weighted by molar-refractivity contribution is 0.312. The summed E-state index contributed by atoms with van der Waals surface area (Å²) in [5, 5.41) is 6.87. The van der Waals surface area contributed by atoms with Crippen LogP contribution in [-0.2, 0) is 0 Å². The predicted molar refractivity (Wildman–Crippen MR) is 80.3 cm³/mol. The van der Waals surface area contributed by atoms with Gasteiger partial charge in [0.1, 0.15) is 0 Å². The molecule has 20 heavy (non-hydrogen) atoms. The van der Waals surface area contributed by atoms with Gasteiger partial charge >= 0.3 is 6.01 Å². The number of aromatic nitrogens is 3. The lowest BCUT2D eigenvalue weighted by atomic mass is 10.3. The molecule has 0 saturated heterocycles. The lowest BCUT2D eigenvalue weighted by Gasteiger charge is -2.09. The Hall–Kier alpha value is -1.79. The van der Waals surface area contributed by atoms with Crippen LogP contribution in [0.5, 0.6) is 6.01 Å². The van der Waals surface area contributed by atoms with Gasteiger partial charge in [0.25, 0.3) is 0 Å². The standard InChI is InChI=1S/C12H13Cl2N5O/c1-3-20-12-18-10(15-2)17-11(19-12)16-9-5-4-7(13)6-8(9)14/h4-6H,3H2,1-2H3,(H2,15,16,17,18,19). The van der Waals surface area contributed by atoms with E-state index in [1.54, 1.807) is 25.2 Å². The first-order chi connectivity index (χ1) is 9.62. The van der Waals surface area contributed by atoms with Gasteiger partial charge in [-0.05, 0) is 25.1 Å². The summed E-state index contributed by atoms with van der Waals surface area (Å²) in [5.74, 6) is 0.730. The van der Waals surface area contributed by atoms with Crippen molar-refractivity contribution in [1.29, 1.82) is 0 Å². The average Bonchev–Trinajstić information content (AvgIpc) is 2.42. The van der Waals surface area contributed by atoms with Gasteiger partial charge < -0.3 is 15.4 Å². The van der Waals surface area contributed by atoms with Crippen molar-refractivity contribution in [2.24, 2.45) is 0 Å². The molecule has 1 aromatic carbocycles. The maximum atomic E-state index is 6.09. The smallest absolute Gasteiger partial charge is 0.323 e. The molecule has 0 aliphatic carbocycles. The minimum atomic E-state index is 0.236. The summed E-state index contributed by atoms with van der Waals surface area (Å²) in [6, 6.07) is 5.34. The molecular formula is C12H13Cl2N5O. The Bertz CT molecular complexity index is 608. The molecule has 0 fully saturated rings. The van der Waals surface area contributed by atoms with Crippen molar-refractivity contribution < 1.29 is 4.74 Å². The average molecular weight is 314 g/mol. The molecule has 0 radical (unpaired) electrons. The molecule has 0 amide bonds. The van der Waals surface area contributed by atoms with Crippen LogP contribution in [0.2, 0.25) is 10.0 Å². The molecule has 0 saturated carbocycles. The van der Waals surface area contributed by atoms with Gasteiger partial charge in [0.15, 0.2) is 0 Å². The van der Waals surface area contributed by atoms with E-state index in [-0.39, 0.29) is 6.01 Å². The van der Waals surface area contributed by atoms with Crippen molar-refractivity contribution in [2.75, 3.05) is 24.3 Å². The minimum Gasteiger partial charge on any atom is -0.464 e. The highest BCUT2D eigenvalue weighted by Gasteiger charge is 2.08. The molecule has 2 rings (SSSR count). The monoisotopic (exact) mass is 313 g/mol. The number of ether oxygens (including phenoxy) is 1. The summed E-state index contributed by atoms with van der Waals surface area (Å²) in [7, 11) is 1.71. The Morgan fingerprint density at radius 2 is 1.90 bits per heavy atom. The Labute approximate surface area is 126 Å². The maximum Gasteiger partial charge on any atom is 0.323 e. The fraction of sp³-hybridized carbons (Fsp3) is 0.250. The molecule has 2 N–H and O–H groups in total. The Kier molecular flexibility index (Phi) is 4.81. The zero-order valence-corrected chi connectivity index (χ0v) is 12.5. The molecule has 0 spiro atoms. The van der Waals surface area contributed by atoms with E-state index < -0.39 is 0 Å². The number of benzene rings is 1. The second kappa shape index (κ2) is 6.58. The molecule has 106 valence electrons. The molecule has 0 aliphatic heterocycles. The van der Waals surface area contributed by atoms with Crippen LogP contribution >= 0.6 is 23.2 Å². The topological polar surface area (TPSA) is 72.0 Å². The SMILES string of the molecule is CCOc1nc(NC)nc(Nc2ccc(Cl)cc2Cl)n1. The maximum absolute atomic E-state index is 6.09. The van der Waals surface area contributed by atoms with Crippen LogP contribution in [0.1, 0.15) is 6.92 Å². The third kappa shape index (κ3) is 3.61. The minimum absolute atomic E-state index is 0.236. The molecule has 2 aromatic rings. The predicted octanol–water partition coefficient (Wildman–Crippen LogP) is 3.36. The quantitative estimate of drug-likeness (QED) is 0.882. The van der Waals surface area contributed by atoms with Crippen molar-refractivity contribution in [3.8, 4) is 6.01 Å². The first-order valence-electron chi connectivity index (χ1n) is 5.91. The fourth-order valence-corrected chi connectivity index (χ4v) is 1.88. The van der Waals surface area contributed by atoms with Crippen molar-refractivity contribution >= 4 is 40.8 Å². The molecule has 8 heteroatoms. The normalized spacial score (nSPS) is 10.2.